The summed E-state index contributed by atoms with van der Waals surface area (Å²) in [4.78, 5) is 34.6. The van der Waals surface area contributed by atoms with Gasteiger partial charge in [-0.25, -0.2) is 4.79 Å². The fourth-order valence-corrected chi connectivity index (χ4v) is 4.63. The molecule has 4 rings (SSSR count). The Kier molecular flexibility index (Phi) is 8.98. The number of piperidine rings is 1. The van der Waals surface area contributed by atoms with Crippen LogP contribution >= 0.6 is 11.6 Å². The third kappa shape index (κ3) is 7.11. The highest BCUT2D eigenvalue weighted by Gasteiger charge is 2.45. The van der Waals surface area contributed by atoms with Crippen LogP contribution in [0.15, 0.2) is 66.7 Å². The van der Waals surface area contributed by atoms with Gasteiger partial charge in [-0.2, -0.15) is 9.97 Å². The smallest absolute Gasteiger partial charge is 0.411 e. The Morgan fingerprint density at radius 2 is 1.74 bits per heavy atom. The summed E-state index contributed by atoms with van der Waals surface area (Å²) < 4.78 is 16.7. The number of rotatable bonds is 10. The second-order valence-electron chi connectivity index (χ2n) is 8.97. The number of carbonyl (C=O) groups is 2. The van der Waals surface area contributed by atoms with E-state index in [1.165, 1.54) is 11.0 Å². The van der Waals surface area contributed by atoms with Gasteiger partial charge in [-0.3, -0.25) is 9.69 Å². The first kappa shape index (κ1) is 27.2. The van der Waals surface area contributed by atoms with Gasteiger partial charge in [0.05, 0.1) is 18.3 Å². The molecule has 10 nitrogen and oxygen atoms in total. The summed E-state index contributed by atoms with van der Waals surface area (Å²) in [5.74, 6) is -0.321. The molecule has 2 heterocycles. The van der Waals surface area contributed by atoms with Crippen molar-refractivity contribution in [3.63, 3.8) is 0 Å². The molecule has 0 aliphatic carbocycles. The van der Waals surface area contributed by atoms with Crippen LogP contribution in [0.25, 0.3) is 0 Å². The molecule has 2 aromatic carbocycles. The lowest BCUT2D eigenvalue weighted by Gasteiger charge is -2.43. The number of halogens is 1. The zero-order chi connectivity index (χ0) is 27.0. The van der Waals surface area contributed by atoms with Gasteiger partial charge in [0, 0.05) is 12.0 Å². The Labute approximate surface area is 225 Å². The van der Waals surface area contributed by atoms with Crippen molar-refractivity contribution in [2.24, 2.45) is 5.73 Å². The third-order valence-corrected chi connectivity index (χ3v) is 6.50. The molecule has 0 bridgehead atoms. The van der Waals surface area contributed by atoms with Gasteiger partial charge >= 0.3 is 18.1 Å². The standard InChI is InChI=1S/C27H29ClN4O6/c28-22-15-21(30-25(31-22)37-14-13-36-20-9-5-2-6-10-20)27(17-24(33)34)11-12-32(23(29)16-27)26(35)38-18-19-7-3-1-4-8-19/h1-10,15,23H,11-14,16-18,29H2,(H,33,34). The van der Waals surface area contributed by atoms with Gasteiger partial charge in [0.1, 0.15) is 30.7 Å². The zero-order valence-electron chi connectivity index (χ0n) is 20.7. The van der Waals surface area contributed by atoms with Crippen LogP contribution in [0.1, 0.15) is 30.5 Å². The van der Waals surface area contributed by atoms with Crippen LogP contribution in [0.2, 0.25) is 5.15 Å². The molecule has 0 spiro atoms. The van der Waals surface area contributed by atoms with Gasteiger partial charge in [0.25, 0.3) is 0 Å². The fraction of sp³-hybridized carbons (Fsp3) is 0.333. The van der Waals surface area contributed by atoms with Crippen LogP contribution in [0, 0.1) is 0 Å². The summed E-state index contributed by atoms with van der Waals surface area (Å²) in [5, 5.41) is 9.82. The largest absolute Gasteiger partial charge is 0.490 e. The monoisotopic (exact) mass is 540 g/mol. The maximum absolute atomic E-state index is 12.7. The van der Waals surface area contributed by atoms with E-state index in [1.807, 2.05) is 60.7 Å². The Bertz CT molecular complexity index is 1230. The number of aliphatic carboxylic acids is 1. The maximum atomic E-state index is 12.7. The number of carboxylic acids is 1. The Balaban J connectivity index is 1.43. The number of benzene rings is 2. The van der Waals surface area contributed by atoms with Gasteiger partial charge < -0.3 is 25.1 Å². The fourth-order valence-electron chi connectivity index (χ4n) is 4.46. The van der Waals surface area contributed by atoms with Gasteiger partial charge in [0.2, 0.25) is 0 Å². The van der Waals surface area contributed by atoms with E-state index in [0.717, 1.165) is 5.56 Å². The molecule has 38 heavy (non-hydrogen) atoms. The molecule has 1 fully saturated rings. The molecule has 0 radical (unpaired) electrons. The number of likely N-dealkylation sites (tertiary alicyclic amines) is 1. The molecule has 1 saturated heterocycles. The summed E-state index contributed by atoms with van der Waals surface area (Å²) in [6.45, 7) is 0.700. The molecule has 3 N–H and O–H groups in total. The lowest BCUT2D eigenvalue weighted by molar-refractivity contribution is -0.139. The van der Waals surface area contributed by atoms with Crippen molar-refractivity contribution < 1.29 is 28.9 Å². The number of carboxylic acid groups (broad SMARTS) is 1. The van der Waals surface area contributed by atoms with E-state index in [1.54, 1.807) is 0 Å². The molecule has 11 heteroatoms. The average molecular weight is 541 g/mol. The molecular formula is C27H29ClN4O6. The highest BCUT2D eigenvalue weighted by Crippen LogP contribution is 2.40. The number of amides is 1. The number of nitrogens with two attached hydrogens (primary N) is 1. The lowest BCUT2D eigenvalue weighted by Crippen LogP contribution is -2.56. The lowest BCUT2D eigenvalue weighted by atomic mass is 9.72. The van der Waals surface area contributed by atoms with Crippen LogP contribution in [-0.2, 0) is 21.6 Å². The second-order valence-corrected chi connectivity index (χ2v) is 9.36. The predicted octanol–water partition coefficient (Wildman–Crippen LogP) is 4.02. The molecule has 1 aromatic heterocycles. The van der Waals surface area contributed by atoms with E-state index in [4.69, 9.17) is 31.5 Å². The number of para-hydroxylation sites is 1. The Morgan fingerprint density at radius 1 is 1.05 bits per heavy atom. The number of hydrogen-bond donors (Lipinski definition) is 2. The van der Waals surface area contributed by atoms with Crippen LogP contribution in [0.5, 0.6) is 11.8 Å². The number of ether oxygens (including phenoxy) is 3. The normalized spacial score (nSPS) is 19.0. The minimum atomic E-state index is -1.02. The molecule has 200 valence electrons. The molecule has 0 saturated carbocycles. The highest BCUT2D eigenvalue weighted by molar-refractivity contribution is 6.29. The van der Waals surface area contributed by atoms with Crippen LogP contribution in [-0.4, -0.2) is 58.0 Å². The van der Waals surface area contributed by atoms with Crippen molar-refractivity contribution in [1.82, 2.24) is 14.9 Å². The number of hydrogen-bond acceptors (Lipinski definition) is 8. The van der Waals surface area contributed by atoms with Gasteiger partial charge in [-0.1, -0.05) is 60.1 Å². The number of aromatic nitrogens is 2. The predicted molar refractivity (Wildman–Crippen MR) is 139 cm³/mol. The summed E-state index contributed by atoms with van der Waals surface area (Å²) in [5.41, 5.74) is 6.64. The van der Waals surface area contributed by atoms with Crippen molar-refractivity contribution >= 4 is 23.7 Å². The number of carbonyl (C=O) groups excluding carboxylic acids is 1. The average Bonchev–Trinajstić information content (AvgIpc) is 2.90. The molecule has 3 aromatic rings. The Hall–Kier alpha value is -3.89. The van der Waals surface area contributed by atoms with Crippen molar-refractivity contribution in [3.8, 4) is 11.8 Å². The minimum Gasteiger partial charge on any atom is -0.490 e. The second kappa shape index (κ2) is 12.6. The summed E-state index contributed by atoms with van der Waals surface area (Å²) in [7, 11) is 0. The van der Waals surface area contributed by atoms with E-state index in [2.05, 4.69) is 9.97 Å². The van der Waals surface area contributed by atoms with Crippen LogP contribution < -0.4 is 15.2 Å². The maximum Gasteiger partial charge on any atom is 0.411 e. The van der Waals surface area contributed by atoms with Gasteiger partial charge in [-0.05, 0) is 36.6 Å². The van der Waals surface area contributed by atoms with Crippen molar-refractivity contribution in [1.29, 1.82) is 0 Å². The van der Waals surface area contributed by atoms with E-state index >= 15 is 0 Å². The van der Waals surface area contributed by atoms with E-state index in [0.29, 0.717) is 11.4 Å². The van der Waals surface area contributed by atoms with Crippen molar-refractivity contribution in [3.05, 3.63) is 83.1 Å². The zero-order valence-corrected chi connectivity index (χ0v) is 21.4. The topological polar surface area (TPSA) is 137 Å². The van der Waals surface area contributed by atoms with Gasteiger partial charge in [0.15, 0.2) is 0 Å². The molecule has 1 aliphatic heterocycles. The van der Waals surface area contributed by atoms with E-state index in [-0.39, 0.29) is 56.8 Å². The summed E-state index contributed by atoms with van der Waals surface area (Å²) in [6, 6.07) is 20.1. The quantitative estimate of drug-likeness (QED) is 0.288. The van der Waals surface area contributed by atoms with E-state index in [9.17, 15) is 14.7 Å². The highest BCUT2D eigenvalue weighted by atomic mass is 35.5. The SMILES string of the molecule is NC1CC(CC(=O)O)(c2cc(Cl)nc(OCCOc3ccccc3)n2)CCN1C(=O)OCc1ccccc1. The molecule has 1 amide bonds. The van der Waals surface area contributed by atoms with Gasteiger partial charge in [-0.15, -0.1) is 0 Å². The summed E-state index contributed by atoms with van der Waals surface area (Å²) >= 11 is 6.27. The number of nitrogens with zero attached hydrogens (tertiary/aromatic N) is 3. The van der Waals surface area contributed by atoms with Crippen molar-refractivity contribution in [2.45, 2.75) is 37.5 Å². The first-order chi connectivity index (χ1) is 18.3. The van der Waals surface area contributed by atoms with E-state index < -0.39 is 23.6 Å². The van der Waals surface area contributed by atoms with Crippen molar-refractivity contribution in [2.75, 3.05) is 19.8 Å². The van der Waals surface area contributed by atoms with Crippen LogP contribution in [0.4, 0.5) is 4.79 Å². The first-order valence-corrected chi connectivity index (χ1v) is 12.5. The summed E-state index contributed by atoms with van der Waals surface area (Å²) in [6.07, 6.45) is -1.17. The minimum absolute atomic E-state index is 0.00666. The van der Waals surface area contributed by atoms with Crippen LogP contribution in [0.3, 0.4) is 0 Å². The Morgan fingerprint density at radius 3 is 2.42 bits per heavy atom. The molecule has 2 atom stereocenters. The molecule has 2 unspecified atom stereocenters. The third-order valence-electron chi connectivity index (χ3n) is 6.30. The molecular weight excluding hydrogens is 512 g/mol. The first-order valence-electron chi connectivity index (χ1n) is 12.1. The molecule has 1 aliphatic rings.